The highest BCUT2D eigenvalue weighted by Crippen LogP contribution is 2.25. The van der Waals surface area contributed by atoms with Gasteiger partial charge < -0.3 is 9.64 Å². The molecule has 1 aromatic carbocycles. The first kappa shape index (κ1) is 20.3. The number of hydrogen-bond donors (Lipinski definition) is 1. The highest BCUT2D eigenvalue weighted by Gasteiger charge is 2.26. The lowest BCUT2D eigenvalue weighted by Crippen LogP contribution is -2.45. The molecule has 0 aromatic heterocycles. The number of nitrogens with zero attached hydrogens (tertiary/aromatic N) is 1. The second kappa shape index (κ2) is 9.17. The number of benzene rings is 1. The summed E-state index contributed by atoms with van der Waals surface area (Å²) in [6.07, 6.45) is 8.45. The molecule has 0 amide bonds. The maximum atomic E-state index is 12.6. The standard InChI is InChI=1S/C20H30N2O4S/c1-26-20(23)17-7-9-19(10-8-17)27(24,25)21-18-11-13-22(14-12-18)15-16-5-3-2-4-6-16/h7-10,16,18,21H,2-6,11-15H2,1H3. The Morgan fingerprint density at radius 1 is 1.07 bits per heavy atom. The number of ether oxygens (including phenoxy) is 1. The van der Waals surface area contributed by atoms with Crippen molar-refractivity contribution < 1.29 is 17.9 Å². The van der Waals surface area contributed by atoms with Crippen molar-refractivity contribution in [1.29, 1.82) is 0 Å². The van der Waals surface area contributed by atoms with Crippen LogP contribution in [0, 0.1) is 5.92 Å². The van der Waals surface area contributed by atoms with E-state index in [4.69, 9.17) is 0 Å². The monoisotopic (exact) mass is 394 g/mol. The summed E-state index contributed by atoms with van der Waals surface area (Å²) in [6, 6.07) is 5.83. The molecule has 3 rings (SSSR count). The van der Waals surface area contributed by atoms with Crippen LogP contribution >= 0.6 is 0 Å². The van der Waals surface area contributed by atoms with Gasteiger partial charge in [-0.1, -0.05) is 19.3 Å². The van der Waals surface area contributed by atoms with Crippen LogP contribution in [0.5, 0.6) is 0 Å². The molecule has 1 aromatic rings. The zero-order valence-electron chi connectivity index (χ0n) is 16.0. The Morgan fingerprint density at radius 2 is 1.70 bits per heavy atom. The van der Waals surface area contributed by atoms with Crippen LogP contribution in [0.1, 0.15) is 55.3 Å². The summed E-state index contributed by atoms with van der Waals surface area (Å²) < 4.78 is 32.7. The number of carbonyl (C=O) groups excluding carboxylic acids is 1. The number of methoxy groups -OCH3 is 1. The highest BCUT2D eigenvalue weighted by atomic mass is 32.2. The second-order valence-corrected chi connectivity index (χ2v) is 9.43. The van der Waals surface area contributed by atoms with Crippen molar-refractivity contribution in [3.05, 3.63) is 29.8 Å². The average molecular weight is 395 g/mol. The van der Waals surface area contributed by atoms with Gasteiger partial charge in [-0.25, -0.2) is 17.9 Å². The summed E-state index contributed by atoms with van der Waals surface area (Å²) in [7, 11) is -2.27. The molecular formula is C20H30N2O4S. The van der Waals surface area contributed by atoms with Gasteiger partial charge in [-0.2, -0.15) is 0 Å². The Balaban J connectivity index is 1.50. The Labute approximate surface area is 162 Å². The molecule has 150 valence electrons. The molecule has 0 bridgehead atoms. The number of rotatable bonds is 6. The number of carbonyl (C=O) groups is 1. The van der Waals surface area contributed by atoms with Gasteiger partial charge in [0.2, 0.25) is 10.0 Å². The number of sulfonamides is 1. The third-order valence-electron chi connectivity index (χ3n) is 5.74. The molecule has 0 atom stereocenters. The van der Waals surface area contributed by atoms with Crippen LogP contribution in [0.15, 0.2) is 29.2 Å². The van der Waals surface area contributed by atoms with Gasteiger partial charge in [-0.15, -0.1) is 0 Å². The SMILES string of the molecule is COC(=O)c1ccc(S(=O)(=O)NC2CCN(CC3CCCCC3)CC2)cc1. The second-order valence-electron chi connectivity index (χ2n) is 7.72. The van der Waals surface area contributed by atoms with Gasteiger partial charge in [0.1, 0.15) is 0 Å². The van der Waals surface area contributed by atoms with E-state index in [1.165, 1.54) is 63.5 Å². The summed E-state index contributed by atoms with van der Waals surface area (Å²) in [6.45, 7) is 3.06. The van der Waals surface area contributed by atoms with Crippen LogP contribution in [-0.2, 0) is 14.8 Å². The molecule has 0 spiro atoms. The minimum atomic E-state index is -3.57. The zero-order chi connectivity index (χ0) is 19.3. The molecule has 6 nitrogen and oxygen atoms in total. The summed E-state index contributed by atoms with van der Waals surface area (Å²) >= 11 is 0. The van der Waals surface area contributed by atoms with Gasteiger partial charge in [0, 0.05) is 12.6 Å². The maximum Gasteiger partial charge on any atom is 0.337 e. The number of esters is 1. The topological polar surface area (TPSA) is 75.7 Å². The van der Waals surface area contributed by atoms with Crippen LogP contribution in [-0.4, -0.2) is 52.1 Å². The van der Waals surface area contributed by atoms with Crippen LogP contribution in [0.3, 0.4) is 0 Å². The molecule has 1 heterocycles. The lowest BCUT2D eigenvalue weighted by Gasteiger charge is -2.35. The summed E-state index contributed by atoms with van der Waals surface area (Å²) in [5.74, 6) is 0.345. The van der Waals surface area contributed by atoms with Crippen LogP contribution in [0.2, 0.25) is 0 Å². The Kier molecular flexibility index (Phi) is 6.89. The van der Waals surface area contributed by atoms with E-state index in [-0.39, 0.29) is 10.9 Å². The summed E-state index contributed by atoms with van der Waals surface area (Å²) in [5.41, 5.74) is 0.340. The normalized spacial score (nSPS) is 20.5. The van der Waals surface area contributed by atoms with Crippen LogP contribution in [0.25, 0.3) is 0 Å². The Morgan fingerprint density at radius 3 is 2.30 bits per heavy atom. The fourth-order valence-electron chi connectivity index (χ4n) is 4.14. The highest BCUT2D eigenvalue weighted by molar-refractivity contribution is 7.89. The summed E-state index contributed by atoms with van der Waals surface area (Å²) in [5, 5.41) is 0. The number of nitrogens with one attached hydrogen (secondary N) is 1. The molecule has 1 saturated carbocycles. The fourth-order valence-corrected chi connectivity index (χ4v) is 5.45. The van der Waals surface area contributed by atoms with Crippen LogP contribution < -0.4 is 4.72 Å². The van der Waals surface area contributed by atoms with E-state index in [9.17, 15) is 13.2 Å². The van der Waals surface area contributed by atoms with Gasteiger partial charge in [-0.05, 0) is 69.0 Å². The average Bonchev–Trinajstić information content (AvgIpc) is 2.69. The molecule has 0 unspecified atom stereocenters. The van der Waals surface area contributed by atoms with E-state index in [0.717, 1.165) is 38.4 Å². The third-order valence-corrected chi connectivity index (χ3v) is 7.27. The molecular weight excluding hydrogens is 364 g/mol. The molecule has 1 aliphatic carbocycles. The zero-order valence-corrected chi connectivity index (χ0v) is 16.8. The Bertz CT molecular complexity index is 719. The minimum absolute atomic E-state index is 0.0297. The van der Waals surface area contributed by atoms with E-state index in [1.54, 1.807) is 0 Å². The molecule has 2 aliphatic rings. The van der Waals surface area contributed by atoms with E-state index < -0.39 is 16.0 Å². The van der Waals surface area contributed by atoms with E-state index in [1.807, 2.05) is 0 Å². The van der Waals surface area contributed by atoms with Crippen LogP contribution in [0.4, 0.5) is 0 Å². The van der Waals surface area contributed by atoms with E-state index in [2.05, 4.69) is 14.4 Å². The number of piperidine rings is 1. The maximum absolute atomic E-state index is 12.6. The third kappa shape index (κ3) is 5.53. The quantitative estimate of drug-likeness (QED) is 0.751. The first-order valence-corrected chi connectivity index (χ1v) is 11.4. The molecule has 27 heavy (non-hydrogen) atoms. The molecule has 2 fully saturated rings. The van der Waals surface area contributed by atoms with Crippen molar-refractivity contribution in [3.8, 4) is 0 Å². The van der Waals surface area contributed by atoms with Crippen molar-refractivity contribution >= 4 is 16.0 Å². The van der Waals surface area contributed by atoms with Gasteiger partial charge >= 0.3 is 5.97 Å². The van der Waals surface area contributed by atoms with Gasteiger partial charge in [0.25, 0.3) is 0 Å². The molecule has 1 N–H and O–H groups in total. The lowest BCUT2D eigenvalue weighted by molar-refractivity contribution is 0.0600. The van der Waals surface area contributed by atoms with Crippen molar-refractivity contribution in [2.24, 2.45) is 5.92 Å². The minimum Gasteiger partial charge on any atom is -0.465 e. The van der Waals surface area contributed by atoms with Crippen molar-refractivity contribution in [3.63, 3.8) is 0 Å². The van der Waals surface area contributed by atoms with Gasteiger partial charge in [-0.3, -0.25) is 0 Å². The number of hydrogen-bond acceptors (Lipinski definition) is 5. The van der Waals surface area contributed by atoms with Crippen molar-refractivity contribution in [2.75, 3.05) is 26.7 Å². The lowest BCUT2D eigenvalue weighted by atomic mass is 9.88. The van der Waals surface area contributed by atoms with Crippen molar-refractivity contribution in [1.82, 2.24) is 9.62 Å². The van der Waals surface area contributed by atoms with Crippen molar-refractivity contribution in [2.45, 2.75) is 55.9 Å². The van der Waals surface area contributed by atoms with E-state index in [0.29, 0.717) is 5.56 Å². The van der Waals surface area contributed by atoms with Gasteiger partial charge in [0.05, 0.1) is 17.6 Å². The number of likely N-dealkylation sites (tertiary alicyclic amines) is 1. The fraction of sp³-hybridized carbons (Fsp3) is 0.650. The molecule has 1 aliphatic heterocycles. The molecule has 1 saturated heterocycles. The predicted octanol–water partition coefficient (Wildman–Crippen LogP) is 2.80. The molecule has 0 radical (unpaired) electrons. The smallest absolute Gasteiger partial charge is 0.337 e. The summed E-state index contributed by atoms with van der Waals surface area (Å²) in [4.78, 5) is 14.1. The first-order chi connectivity index (χ1) is 13.0. The first-order valence-electron chi connectivity index (χ1n) is 9.91. The van der Waals surface area contributed by atoms with Gasteiger partial charge in [0.15, 0.2) is 0 Å². The predicted molar refractivity (Wildman–Crippen MR) is 104 cm³/mol. The Hall–Kier alpha value is -1.44. The molecule has 7 heteroatoms. The largest absolute Gasteiger partial charge is 0.465 e. The van der Waals surface area contributed by atoms with E-state index >= 15 is 0 Å².